The predicted octanol–water partition coefficient (Wildman–Crippen LogP) is 1.64. The summed E-state index contributed by atoms with van der Waals surface area (Å²) in [5.41, 5.74) is 0. The maximum atomic E-state index is 11.5. The fourth-order valence-electron chi connectivity index (χ4n) is 3.57. The smallest absolute Gasteiger partial charge is 0.326 e. The van der Waals surface area contributed by atoms with Gasteiger partial charge in [0.25, 0.3) is 0 Å². The molecule has 5 heteroatoms. The Morgan fingerprint density at radius 2 is 2.22 bits per heavy atom. The van der Waals surface area contributed by atoms with Gasteiger partial charge in [-0.2, -0.15) is 0 Å². The van der Waals surface area contributed by atoms with Crippen LogP contribution in [0.3, 0.4) is 0 Å². The third-order valence-electron chi connectivity index (χ3n) is 4.40. The zero-order chi connectivity index (χ0) is 12.7. The van der Waals surface area contributed by atoms with E-state index in [0.717, 1.165) is 25.2 Å². The zero-order valence-electron chi connectivity index (χ0n) is 10.6. The first-order valence-electron chi connectivity index (χ1n) is 6.67. The largest absolute Gasteiger partial charge is 0.480 e. The normalized spacial score (nSPS) is 31.4. The van der Waals surface area contributed by atoms with Crippen LogP contribution in [0.4, 0.5) is 5.95 Å². The van der Waals surface area contributed by atoms with Gasteiger partial charge in [0.05, 0.1) is 0 Å². The number of aromatic nitrogens is 2. The highest BCUT2D eigenvalue weighted by Gasteiger charge is 2.46. The summed E-state index contributed by atoms with van der Waals surface area (Å²) in [7, 11) is 1.93. The Morgan fingerprint density at radius 3 is 2.89 bits per heavy atom. The minimum atomic E-state index is -0.715. The Morgan fingerprint density at radius 1 is 1.44 bits per heavy atom. The van der Waals surface area contributed by atoms with Crippen LogP contribution in [-0.4, -0.2) is 32.7 Å². The molecule has 2 aliphatic rings. The number of aryl methyl sites for hydroxylation is 1. The summed E-state index contributed by atoms with van der Waals surface area (Å²) >= 11 is 0. The molecule has 1 aliphatic carbocycles. The van der Waals surface area contributed by atoms with Crippen molar-refractivity contribution in [1.82, 2.24) is 9.55 Å². The van der Waals surface area contributed by atoms with Crippen molar-refractivity contribution in [2.45, 2.75) is 44.2 Å². The fourth-order valence-corrected chi connectivity index (χ4v) is 3.57. The van der Waals surface area contributed by atoms with Crippen LogP contribution in [0.25, 0.3) is 0 Å². The number of aliphatic carboxylic acids is 1. The molecule has 3 rings (SSSR count). The van der Waals surface area contributed by atoms with Gasteiger partial charge in [-0.25, -0.2) is 9.78 Å². The minimum Gasteiger partial charge on any atom is -0.480 e. The molecule has 3 atom stereocenters. The number of fused-ring (bicyclic) bond motifs is 1. The number of nitrogens with zero attached hydrogens (tertiary/aromatic N) is 3. The van der Waals surface area contributed by atoms with E-state index < -0.39 is 12.0 Å². The number of anilines is 1. The maximum Gasteiger partial charge on any atom is 0.326 e. The van der Waals surface area contributed by atoms with Crippen LogP contribution in [0.5, 0.6) is 0 Å². The first-order chi connectivity index (χ1) is 8.68. The summed E-state index contributed by atoms with van der Waals surface area (Å²) in [6, 6.07) is -0.0415. The van der Waals surface area contributed by atoms with Crippen LogP contribution in [0.1, 0.15) is 32.1 Å². The molecular formula is C13H19N3O2. The maximum absolute atomic E-state index is 11.5. The van der Waals surface area contributed by atoms with Gasteiger partial charge >= 0.3 is 5.97 Å². The lowest BCUT2D eigenvalue weighted by Crippen LogP contribution is -2.43. The van der Waals surface area contributed by atoms with Crippen LogP contribution in [0, 0.1) is 5.92 Å². The number of hydrogen-bond donors (Lipinski definition) is 1. The number of rotatable bonds is 2. The van der Waals surface area contributed by atoms with E-state index in [1.807, 2.05) is 22.7 Å². The van der Waals surface area contributed by atoms with E-state index in [4.69, 9.17) is 0 Å². The Hall–Kier alpha value is -1.52. The van der Waals surface area contributed by atoms with E-state index in [-0.39, 0.29) is 0 Å². The first-order valence-corrected chi connectivity index (χ1v) is 6.67. The molecular weight excluding hydrogens is 230 g/mol. The molecule has 98 valence electrons. The van der Waals surface area contributed by atoms with Gasteiger partial charge in [0, 0.05) is 25.5 Å². The monoisotopic (exact) mass is 249 g/mol. The highest BCUT2D eigenvalue weighted by molar-refractivity contribution is 5.78. The van der Waals surface area contributed by atoms with Gasteiger partial charge in [-0.05, 0) is 25.2 Å². The molecule has 1 saturated heterocycles. The molecule has 0 radical (unpaired) electrons. The van der Waals surface area contributed by atoms with E-state index in [1.54, 1.807) is 6.20 Å². The molecule has 1 aromatic heterocycles. The van der Waals surface area contributed by atoms with Gasteiger partial charge in [0.15, 0.2) is 0 Å². The molecule has 0 spiro atoms. The lowest BCUT2D eigenvalue weighted by molar-refractivity contribution is -0.138. The second kappa shape index (κ2) is 4.30. The molecule has 2 fully saturated rings. The van der Waals surface area contributed by atoms with Gasteiger partial charge in [-0.15, -0.1) is 0 Å². The molecule has 0 bridgehead atoms. The molecule has 1 aliphatic heterocycles. The zero-order valence-corrected chi connectivity index (χ0v) is 10.6. The van der Waals surface area contributed by atoms with E-state index in [0.29, 0.717) is 12.0 Å². The van der Waals surface area contributed by atoms with Crippen molar-refractivity contribution in [2.24, 2.45) is 13.0 Å². The quantitative estimate of drug-likeness (QED) is 0.865. The lowest BCUT2D eigenvalue weighted by Gasteiger charge is -2.33. The van der Waals surface area contributed by atoms with Crippen LogP contribution in [-0.2, 0) is 11.8 Å². The Kier molecular flexibility index (Phi) is 2.76. The minimum absolute atomic E-state index is 0.362. The second-order valence-electron chi connectivity index (χ2n) is 5.45. The van der Waals surface area contributed by atoms with Gasteiger partial charge in [0.1, 0.15) is 6.04 Å². The number of imidazole rings is 1. The summed E-state index contributed by atoms with van der Waals surface area (Å²) in [6.45, 7) is 0. The van der Waals surface area contributed by atoms with E-state index in [1.165, 1.54) is 12.8 Å². The summed E-state index contributed by atoms with van der Waals surface area (Å²) < 4.78 is 1.92. The van der Waals surface area contributed by atoms with E-state index in [2.05, 4.69) is 4.98 Å². The van der Waals surface area contributed by atoms with Crippen molar-refractivity contribution in [3.63, 3.8) is 0 Å². The molecule has 1 N–H and O–H groups in total. The molecule has 2 heterocycles. The van der Waals surface area contributed by atoms with Crippen LogP contribution in [0.2, 0.25) is 0 Å². The predicted molar refractivity (Wildman–Crippen MR) is 67.5 cm³/mol. The van der Waals surface area contributed by atoms with Crippen molar-refractivity contribution in [2.75, 3.05) is 4.90 Å². The molecule has 3 unspecified atom stereocenters. The standard InChI is InChI=1S/C13H19N3O2/c1-15-7-6-14-13(15)16-10-5-3-2-4-9(10)8-11(16)12(17)18/h6-7,9-11H,2-5,8H2,1H3,(H,17,18). The lowest BCUT2D eigenvalue weighted by atomic mass is 9.85. The highest BCUT2D eigenvalue weighted by atomic mass is 16.4. The molecule has 18 heavy (non-hydrogen) atoms. The number of carbonyl (C=O) groups is 1. The Labute approximate surface area is 106 Å². The first kappa shape index (κ1) is 11.6. The topological polar surface area (TPSA) is 58.4 Å². The molecule has 5 nitrogen and oxygen atoms in total. The van der Waals surface area contributed by atoms with Crippen LogP contribution < -0.4 is 4.90 Å². The van der Waals surface area contributed by atoms with Gasteiger partial charge in [-0.1, -0.05) is 12.8 Å². The van der Waals surface area contributed by atoms with Crippen molar-refractivity contribution in [1.29, 1.82) is 0 Å². The Balaban J connectivity index is 1.97. The highest BCUT2D eigenvalue weighted by Crippen LogP contribution is 2.41. The van der Waals surface area contributed by atoms with Gasteiger partial charge in [0.2, 0.25) is 5.95 Å². The van der Waals surface area contributed by atoms with Crippen molar-refractivity contribution >= 4 is 11.9 Å². The van der Waals surface area contributed by atoms with Crippen molar-refractivity contribution < 1.29 is 9.90 Å². The third-order valence-corrected chi connectivity index (χ3v) is 4.40. The van der Waals surface area contributed by atoms with Crippen LogP contribution >= 0.6 is 0 Å². The van der Waals surface area contributed by atoms with E-state index >= 15 is 0 Å². The molecule has 1 aromatic rings. The summed E-state index contributed by atoms with van der Waals surface area (Å²) in [6.07, 6.45) is 9.09. The SMILES string of the molecule is Cn1ccnc1N1C(C(=O)O)CC2CCCCC21. The average Bonchev–Trinajstić information content (AvgIpc) is 2.92. The average molecular weight is 249 g/mol. The molecule has 0 amide bonds. The van der Waals surface area contributed by atoms with Crippen molar-refractivity contribution in [3.05, 3.63) is 12.4 Å². The van der Waals surface area contributed by atoms with Crippen LogP contribution in [0.15, 0.2) is 12.4 Å². The molecule has 0 aromatic carbocycles. The van der Waals surface area contributed by atoms with Gasteiger partial charge < -0.3 is 14.6 Å². The number of carboxylic acid groups (broad SMARTS) is 1. The third kappa shape index (κ3) is 1.69. The van der Waals surface area contributed by atoms with Crippen molar-refractivity contribution in [3.8, 4) is 0 Å². The second-order valence-corrected chi connectivity index (χ2v) is 5.45. The number of hydrogen-bond acceptors (Lipinski definition) is 3. The summed E-state index contributed by atoms with van der Waals surface area (Å²) in [5, 5.41) is 9.44. The van der Waals surface area contributed by atoms with E-state index in [9.17, 15) is 9.90 Å². The summed E-state index contributed by atoms with van der Waals surface area (Å²) in [4.78, 5) is 17.9. The number of carboxylic acids is 1. The molecule has 1 saturated carbocycles. The summed E-state index contributed by atoms with van der Waals surface area (Å²) in [5.74, 6) is 0.612. The fraction of sp³-hybridized carbons (Fsp3) is 0.692. The Bertz CT molecular complexity index is 457. The van der Waals surface area contributed by atoms with Gasteiger partial charge in [-0.3, -0.25) is 0 Å².